The van der Waals surface area contributed by atoms with E-state index in [-0.39, 0.29) is 29.6 Å². The first kappa shape index (κ1) is 15.3. The molecule has 1 aromatic rings. The van der Waals surface area contributed by atoms with Crippen LogP contribution in [0.1, 0.15) is 18.1 Å². The molecule has 0 amide bonds. The maximum absolute atomic E-state index is 13.4. The Balaban J connectivity index is 2.16. The Morgan fingerprint density at radius 1 is 1.55 bits per heavy atom. The van der Waals surface area contributed by atoms with E-state index in [2.05, 4.69) is 4.90 Å². The van der Waals surface area contributed by atoms with Gasteiger partial charge in [-0.15, -0.1) is 0 Å². The average molecular weight is 298 g/mol. The van der Waals surface area contributed by atoms with Crippen molar-refractivity contribution in [3.8, 4) is 0 Å². The molecule has 1 saturated heterocycles. The van der Waals surface area contributed by atoms with Crippen LogP contribution in [0.3, 0.4) is 0 Å². The summed E-state index contributed by atoms with van der Waals surface area (Å²) < 4.78 is 19.0. The lowest BCUT2D eigenvalue weighted by Gasteiger charge is -2.36. The Bertz CT molecular complexity index is 498. The first-order chi connectivity index (χ1) is 9.49. The van der Waals surface area contributed by atoms with E-state index in [1.54, 1.807) is 6.07 Å². The SMILES string of the molecule is CC1CN(Cc2cc(F)ccc2C(N)=S)CC(CO)O1. The Morgan fingerprint density at radius 3 is 2.95 bits per heavy atom. The van der Waals surface area contributed by atoms with Crippen molar-refractivity contribution in [2.75, 3.05) is 19.7 Å². The summed E-state index contributed by atoms with van der Waals surface area (Å²) in [5.74, 6) is -0.306. The quantitative estimate of drug-likeness (QED) is 0.814. The minimum absolute atomic E-state index is 0.0217. The van der Waals surface area contributed by atoms with Crippen LogP contribution < -0.4 is 5.73 Å². The van der Waals surface area contributed by atoms with Gasteiger partial charge in [0.1, 0.15) is 10.8 Å². The van der Waals surface area contributed by atoms with E-state index >= 15 is 0 Å². The molecule has 6 heteroatoms. The standard InChI is InChI=1S/C14H19FN2O2S/c1-9-5-17(7-12(8-18)19-9)6-10-4-11(15)2-3-13(10)14(16)20/h2-4,9,12,18H,5-8H2,1H3,(H2,16,20). The molecule has 0 aliphatic carbocycles. The normalized spacial score (nSPS) is 23.8. The van der Waals surface area contributed by atoms with E-state index in [9.17, 15) is 9.50 Å². The van der Waals surface area contributed by atoms with Crippen LogP contribution in [0.5, 0.6) is 0 Å². The van der Waals surface area contributed by atoms with Crippen LogP contribution in [0.4, 0.5) is 4.39 Å². The highest BCUT2D eigenvalue weighted by atomic mass is 32.1. The number of benzene rings is 1. The van der Waals surface area contributed by atoms with Crippen molar-refractivity contribution in [3.05, 3.63) is 35.1 Å². The van der Waals surface area contributed by atoms with Gasteiger partial charge in [0.25, 0.3) is 0 Å². The van der Waals surface area contributed by atoms with Crippen molar-refractivity contribution in [2.45, 2.75) is 25.7 Å². The van der Waals surface area contributed by atoms with Gasteiger partial charge in [-0.2, -0.15) is 0 Å². The summed E-state index contributed by atoms with van der Waals surface area (Å²) >= 11 is 5.00. The molecule has 0 aromatic heterocycles. The number of aliphatic hydroxyl groups is 1. The Hall–Kier alpha value is -1.08. The van der Waals surface area contributed by atoms with E-state index in [1.165, 1.54) is 12.1 Å². The van der Waals surface area contributed by atoms with Gasteiger partial charge in [-0.3, -0.25) is 4.90 Å². The highest BCUT2D eigenvalue weighted by molar-refractivity contribution is 7.80. The molecule has 2 rings (SSSR count). The lowest BCUT2D eigenvalue weighted by atomic mass is 10.1. The molecule has 0 saturated carbocycles. The lowest BCUT2D eigenvalue weighted by molar-refractivity contribution is -0.0972. The summed E-state index contributed by atoms with van der Waals surface area (Å²) in [6, 6.07) is 4.43. The maximum Gasteiger partial charge on any atom is 0.123 e. The molecule has 2 unspecified atom stereocenters. The second kappa shape index (κ2) is 6.58. The second-order valence-corrected chi connectivity index (χ2v) is 5.55. The molecule has 4 nitrogen and oxygen atoms in total. The Morgan fingerprint density at radius 2 is 2.30 bits per heavy atom. The third kappa shape index (κ3) is 3.73. The van der Waals surface area contributed by atoms with Crippen LogP contribution in [-0.2, 0) is 11.3 Å². The minimum atomic E-state index is -0.306. The van der Waals surface area contributed by atoms with Gasteiger partial charge in [-0.25, -0.2) is 4.39 Å². The number of rotatable bonds is 4. The zero-order valence-corrected chi connectivity index (χ0v) is 12.2. The maximum atomic E-state index is 13.4. The summed E-state index contributed by atoms with van der Waals surface area (Å²) in [6.07, 6.45) is -0.177. The van der Waals surface area contributed by atoms with Gasteiger partial charge in [0.05, 0.1) is 18.8 Å². The fraction of sp³-hybridized carbons (Fsp3) is 0.500. The number of thiocarbonyl (C=S) groups is 1. The fourth-order valence-corrected chi connectivity index (χ4v) is 2.74. The summed E-state index contributed by atoms with van der Waals surface area (Å²) in [6.45, 7) is 3.80. The monoisotopic (exact) mass is 298 g/mol. The van der Waals surface area contributed by atoms with Gasteiger partial charge in [-0.1, -0.05) is 12.2 Å². The van der Waals surface area contributed by atoms with Gasteiger partial charge in [0.15, 0.2) is 0 Å². The van der Waals surface area contributed by atoms with Gasteiger partial charge in [0, 0.05) is 25.2 Å². The largest absolute Gasteiger partial charge is 0.394 e. The summed E-state index contributed by atoms with van der Waals surface area (Å²) in [5.41, 5.74) is 7.14. The number of hydrogen-bond acceptors (Lipinski definition) is 4. The molecule has 1 aliphatic heterocycles. The third-order valence-corrected chi connectivity index (χ3v) is 3.55. The number of morpholine rings is 1. The highest BCUT2D eigenvalue weighted by Crippen LogP contribution is 2.18. The van der Waals surface area contributed by atoms with Crippen LogP contribution in [0, 0.1) is 5.82 Å². The summed E-state index contributed by atoms with van der Waals surface area (Å²) in [5, 5.41) is 9.23. The second-order valence-electron chi connectivity index (χ2n) is 5.11. The molecular weight excluding hydrogens is 279 g/mol. The van der Waals surface area contributed by atoms with Crippen LogP contribution in [0.25, 0.3) is 0 Å². The number of halogens is 1. The minimum Gasteiger partial charge on any atom is -0.394 e. The first-order valence-electron chi connectivity index (χ1n) is 6.56. The molecular formula is C14H19FN2O2S. The number of nitrogens with two attached hydrogens (primary N) is 1. The number of nitrogens with zero attached hydrogens (tertiary/aromatic N) is 1. The van der Waals surface area contributed by atoms with E-state index in [0.717, 1.165) is 12.1 Å². The van der Waals surface area contributed by atoms with E-state index in [0.29, 0.717) is 18.7 Å². The fourth-order valence-electron chi connectivity index (χ4n) is 2.54. The van der Waals surface area contributed by atoms with Crippen molar-refractivity contribution < 1.29 is 14.2 Å². The van der Waals surface area contributed by atoms with Gasteiger partial charge < -0.3 is 15.6 Å². The molecule has 1 aromatic carbocycles. The third-order valence-electron chi connectivity index (χ3n) is 3.33. The topological polar surface area (TPSA) is 58.7 Å². The first-order valence-corrected chi connectivity index (χ1v) is 6.97. The van der Waals surface area contributed by atoms with Crippen LogP contribution in [0.15, 0.2) is 18.2 Å². The summed E-state index contributed by atoms with van der Waals surface area (Å²) in [7, 11) is 0. The number of hydrogen-bond donors (Lipinski definition) is 2. The van der Waals surface area contributed by atoms with Crippen molar-refractivity contribution >= 4 is 17.2 Å². The average Bonchev–Trinajstić information content (AvgIpc) is 2.37. The van der Waals surface area contributed by atoms with Gasteiger partial charge >= 0.3 is 0 Å². The van der Waals surface area contributed by atoms with Crippen LogP contribution in [-0.4, -0.2) is 46.9 Å². The zero-order chi connectivity index (χ0) is 14.7. The number of ether oxygens (including phenoxy) is 1. The van der Waals surface area contributed by atoms with Crippen molar-refractivity contribution in [1.29, 1.82) is 0 Å². The Labute approximate surface area is 123 Å². The molecule has 0 bridgehead atoms. The molecule has 2 atom stereocenters. The van der Waals surface area contributed by atoms with E-state index in [1.807, 2.05) is 6.92 Å². The molecule has 1 fully saturated rings. The van der Waals surface area contributed by atoms with E-state index in [4.69, 9.17) is 22.7 Å². The molecule has 20 heavy (non-hydrogen) atoms. The van der Waals surface area contributed by atoms with E-state index < -0.39 is 0 Å². The smallest absolute Gasteiger partial charge is 0.123 e. The molecule has 1 aliphatic rings. The highest BCUT2D eigenvalue weighted by Gasteiger charge is 2.25. The number of aliphatic hydroxyl groups excluding tert-OH is 1. The predicted molar refractivity (Wildman–Crippen MR) is 79.0 cm³/mol. The molecule has 110 valence electrons. The van der Waals surface area contributed by atoms with Crippen LogP contribution in [0.2, 0.25) is 0 Å². The zero-order valence-electron chi connectivity index (χ0n) is 11.4. The molecule has 0 spiro atoms. The van der Waals surface area contributed by atoms with Crippen molar-refractivity contribution in [2.24, 2.45) is 5.73 Å². The van der Waals surface area contributed by atoms with Crippen LogP contribution >= 0.6 is 12.2 Å². The Kier molecular flexibility index (Phi) is 5.04. The predicted octanol–water partition coefficient (Wildman–Crippen LogP) is 1.04. The van der Waals surface area contributed by atoms with Crippen molar-refractivity contribution in [3.63, 3.8) is 0 Å². The van der Waals surface area contributed by atoms with Crippen molar-refractivity contribution in [1.82, 2.24) is 4.90 Å². The lowest BCUT2D eigenvalue weighted by Crippen LogP contribution is -2.47. The molecule has 0 radical (unpaired) electrons. The van der Waals surface area contributed by atoms with Gasteiger partial charge in [0.2, 0.25) is 0 Å². The summed E-state index contributed by atoms with van der Waals surface area (Å²) in [4.78, 5) is 2.38. The molecule has 1 heterocycles. The van der Waals surface area contributed by atoms with Gasteiger partial charge in [-0.05, 0) is 30.7 Å². The molecule has 3 N–H and O–H groups in total.